The van der Waals surface area contributed by atoms with Crippen LogP contribution in [0.15, 0.2) is 34.1 Å². The highest BCUT2D eigenvalue weighted by molar-refractivity contribution is 7.86. The predicted octanol–water partition coefficient (Wildman–Crippen LogP) is 0.0518. The summed E-state index contributed by atoms with van der Waals surface area (Å²) in [5, 5.41) is 17.8. The van der Waals surface area contributed by atoms with E-state index < -0.39 is 58.1 Å². The number of carboxylic acid groups (broad SMARTS) is 1. The summed E-state index contributed by atoms with van der Waals surface area (Å²) in [4.78, 5) is 9.23. The molecule has 2 N–H and O–H groups in total. The van der Waals surface area contributed by atoms with Crippen LogP contribution in [0.25, 0.3) is 10.8 Å². The fourth-order valence-electron chi connectivity index (χ4n) is 1.88. The molecule has 0 saturated heterocycles. The van der Waals surface area contributed by atoms with Gasteiger partial charge in [-0.05, 0) is 18.2 Å². The van der Waals surface area contributed by atoms with Crippen molar-refractivity contribution in [2.45, 2.75) is 9.79 Å². The molecule has 2 aromatic carbocycles. The molecule has 0 bridgehead atoms. The van der Waals surface area contributed by atoms with E-state index in [9.17, 15) is 35.8 Å². The van der Waals surface area contributed by atoms with Crippen LogP contribution in [0.5, 0.6) is 5.75 Å². The highest BCUT2D eigenvalue weighted by Gasteiger charge is 2.20. The quantitative estimate of drug-likeness (QED) is 0.728. The van der Waals surface area contributed by atoms with Crippen LogP contribution in [-0.2, 0) is 20.2 Å². The lowest BCUT2D eigenvalue weighted by Crippen LogP contribution is -2.06. The minimum absolute atomic E-state index is 0.398. The molecule has 0 heterocycles. The van der Waals surface area contributed by atoms with E-state index >= 15 is 0 Å². The second kappa shape index (κ2) is 4.91. The average molecular weight is 346 g/mol. The van der Waals surface area contributed by atoms with Gasteiger partial charge in [0.05, 0.1) is 9.79 Å². The monoisotopic (exact) mass is 346 g/mol. The first kappa shape index (κ1) is 16.2. The topological polar surface area (TPSA) is 172 Å². The molecule has 0 spiro atoms. The first-order valence-electron chi connectivity index (χ1n) is 5.37. The van der Waals surface area contributed by atoms with E-state index in [2.05, 4.69) is 0 Å². The molecule has 118 valence electrons. The molecule has 0 fully saturated rings. The first-order chi connectivity index (χ1) is 9.93. The third kappa shape index (κ3) is 2.74. The molecule has 22 heavy (non-hydrogen) atoms. The van der Waals surface area contributed by atoms with Crippen molar-refractivity contribution in [3.8, 4) is 5.75 Å². The van der Waals surface area contributed by atoms with Gasteiger partial charge in [-0.1, -0.05) is 6.07 Å². The summed E-state index contributed by atoms with van der Waals surface area (Å²) in [6.07, 6.45) is 0. The maximum Gasteiger partial charge on any atom is 0.339 e. The van der Waals surface area contributed by atoms with Gasteiger partial charge in [-0.25, -0.2) is 21.6 Å². The molecule has 0 aliphatic heterocycles. The Kier molecular flexibility index (Phi) is 3.61. The van der Waals surface area contributed by atoms with E-state index in [0.29, 0.717) is 12.1 Å². The zero-order valence-corrected chi connectivity index (χ0v) is 12.0. The number of carbonyl (C=O) groups is 1. The summed E-state index contributed by atoms with van der Waals surface area (Å²) in [5.74, 6) is -2.69. The van der Waals surface area contributed by atoms with Gasteiger partial charge in [0.15, 0.2) is 0 Å². The summed E-state index contributed by atoms with van der Waals surface area (Å²) >= 11 is 0. The normalized spacial score (nSPS) is 12.5. The summed E-state index contributed by atoms with van der Waals surface area (Å²) < 4.78 is 66.5. The van der Waals surface area contributed by atoms with Crippen LogP contribution in [0.1, 0.15) is 10.4 Å². The van der Waals surface area contributed by atoms with Gasteiger partial charge in [0.25, 0.3) is 0 Å². The van der Waals surface area contributed by atoms with Gasteiger partial charge in [-0.3, -0.25) is 0 Å². The lowest BCUT2D eigenvalue weighted by Gasteiger charge is -2.15. The predicted molar refractivity (Wildman–Crippen MR) is 68.5 cm³/mol. The third-order valence-electron chi connectivity index (χ3n) is 2.83. The Hall–Kier alpha value is -2.21. The number of aromatic carboxylic acids is 1. The van der Waals surface area contributed by atoms with Gasteiger partial charge in [0.2, 0.25) is 0 Å². The van der Waals surface area contributed by atoms with Crippen molar-refractivity contribution in [1.82, 2.24) is 0 Å². The summed E-state index contributed by atoms with van der Waals surface area (Å²) in [6, 6.07) is 2.65. The van der Waals surface area contributed by atoms with E-state index in [1.807, 2.05) is 0 Å². The standard InChI is InChI=1S/C11H8O9S2/c12-10-7-3-5(21(15,16)17)1-2-6(7)9(22(18,19)20)4-8(10)11(13)14/h1-4,12H,(H,13,14)(H,15,16,17)(H,18,19,20)/p-2. The van der Waals surface area contributed by atoms with E-state index in [4.69, 9.17) is 5.11 Å². The Balaban J connectivity index is 3.06. The molecule has 0 aliphatic carbocycles. The van der Waals surface area contributed by atoms with Crippen LogP contribution < -0.4 is 0 Å². The molecule has 0 amide bonds. The van der Waals surface area contributed by atoms with Gasteiger partial charge in [-0.15, -0.1) is 0 Å². The third-order valence-corrected chi connectivity index (χ3v) is 4.54. The fourth-order valence-corrected chi connectivity index (χ4v) is 3.09. The van der Waals surface area contributed by atoms with Crippen molar-refractivity contribution in [1.29, 1.82) is 0 Å². The highest BCUT2D eigenvalue weighted by atomic mass is 32.2. The maximum atomic E-state index is 11.2. The van der Waals surface area contributed by atoms with Crippen LogP contribution in [0, 0.1) is 0 Å². The number of fused-ring (bicyclic) bond motifs is 1. The smallest absolute Gasteiger partial charge is 0.339 e. The minimum Gasteiger partial charge on any atom is -0.744 e. The molecule has 0 unspecified atom stereocenters. The van der Waals surface area contributed by atoms with Crippen molar-refractivity contribution in [2.75, 3.05) is 0 Å². The molecule has 2 aromatic rings. The van der Waals surface area contributed by atoms with E-state index in [1.165, 1.54) is 0 Å². The number of phenols is 1. The zero-order chi connectivity index (χ0) is 16.9. The molecule has 11 heteroatoms. The number of hydrogen-bond donors (Lipinski definition) is 2. The lowest BCUT2D eigenvalue weighted by atomic mass is 10.1. The van der Waals surface area contributed by atoms with Gasteiger partial charge in [0.1, 0.15) is 31.5 Å². The number of rotatable bonds is 3. The molecule has 0 saturated carbocycles. The van der Waals surface area contributed by atoms with E-state index in [-0.39, 0.29) is 0 Å². The Morgan fingerprint density at radius 1 is 0.955 bits per heavy atom. The zero-order valence-electron chi connectivity index (χ0n) is 10.4. The van der Waals surface area contributed by atoms with Crippen LogP contribution in [0.2, 0.25) is 0 Å². The number of aromatic hydroxyl groups is 1. The van der Waals surface area contributed by atoms with Gasteiger partial charge in [0, 0.05) is 10.8 Å². The Morgan fingerprint density at radius 2 is 1.55 bits per heavy atom. The number of carboxylic acids is 1. The van der Waals surface area contributed by atoms with Crippen LogP contribution in [0.4, 0.5) is 0 Å². The maximum absolute atomic E-state index is 11.2. The van der Waals surface area contributed by atoms with Crippen molar-refractivity contribution in [3.63, 3.8) is 0 Å². The van der Waals surface area contributed by atoms with E-state index in [0.717, 1.165) is 12.1 Å². The van der Waals surface area contributed by atoms with Crippen LogP contribution in [0.3, 0.4) is 0 Å². The largest absolute Gasteiger partial charge is 0.744 e. The molecular weight excluding hydrogens is 340 g/mol. The second-order valence-electron chi connectivity index (χ2n) is 4.19. The summed E-state index contributed by atoms with van der Waals surface area (Å²) in [6.45, 7) is 0. The highest BCUT2D eigenvalue weighted by Crippen LogP contribution is 2.35. The Labute approximate surface area is 123 Å². The molecule has 0 aliphatic rings. The van der Waals surface area contributed by atoms with E-state index in [1.54, 1.807) is 0 Å². The first-order valence-corrected chi connectivity index (χ1v) is 8.19. The second-order valence-corrected chi connectivity index (χ2v) is 6.92. The van der Waals surface area contributed by atoms with Crippen molar-refractivity contribution < 1.29 is 40.9 Å². The number of benzene rings is 2. The van der Waals surface area contributed by atoms with Gasteiger partial charge in [-0.2, -0.15) is 0 Å². The minimum atomic E-state index is -5.10. The van der Waals surface area contributed by atoms with Gasteiger partial charge >= 0.3 is 5.97 Å². The molecule has 0 aromatic heterocycles. The SMILES string of the molecule is O=C(O)c1cc(S(=O)(=O)[O-])c2ccc(S(=O)(=O)[O-])cc2c1O. The van der Waals surface area contributed by atoms with Crippen LogP contribution in [-0.4, -0.2) is 42.1 Å². The summed E-state index contributed by atoms with van der Waals surface area (Å²) in [5.41, 5.74) is -0.914. The number of hydrogen-bond acceptors (Lipinski definition) is 8. The van der Waals surface area contributed by atoms with Crippen molar-refractivity contribution >= 4 is 37.0 Å². The summed E-state index contributed by atoms with van der Waals surface area (Å²) in [7, 11) is -10.0. The molecule has 0 atom stereocenters. The molecule has 9 nitrogen and oxygen atoms in total. The molecule has 0 radical (unpaired) electrons. The van der Waals surface area contributed by atoms with Gasteiger partial charge < -0.3 is 19.3 Å². The van der Waals surface area contributed by atoms with Crippen molar-refractivity contribution in [3.05, 3.63) is 29.8 Å². The van der Waals surface area contributed by atoms with Crippen LogP contribution >= 0.6 is 0 Å². The molecule has 2 rings (SSSR count). The molecular formula is C11H6O9S2-2. The fraction of sp³-hybridized carbons (Fsp3) is 0. The lowest BCUT2D eigenvalue weighted by molar-refractivity contribution is 0.0693. The Morgan fingerprint density at radius 3 is 2.00 bits per heavy atom. The Bertz CT molecular complexity index is 1000. The van der Waals surface area contributed by atoms with Crippen molar-refractivity contribution in [2.24, 2.45) is 0 Å². The average Bonchev–Trinajstić information content (AvgIpc) is 2.35.